The number of carbonyl (C=O) groups is 1. The molecule has 4 rings (SSSR count). The molecular weight excluding hydrogens is 303 g/mol. The highest BCUT2D eigenvalue weighted by Gasteiger charge is 2.25. The summed E-state index contributed by atoms with van der Waals surface area (Å²) in [6.45, 7) is 0.00315. The number of anilines is 1. The number of aliphatic imine (C=N–C) groups is 1. The van der Waals surface area contributed by atoms with Gasteiger partial charge in [-0.25, -0.2) is 4.39 Å². The lowest BCUT2D eigenvalue weighted by atomic mass is 9.96. The summed E-state index contributed by atoms with van der Waals surface area (Å²) in [5.41, 5.74) is 2.48. The maximum atomic E-state index is 14.3. The van der Waals surface area contributed by atoms with Gasteiger partial charge in [0, 0.05) is 23.6 Å². The number of carbonyl (C=O) groups excluding carboxylic acids is 1. The van der Waals surface area contributed by atoms with Crippen molar-refractivity contribution < 1.29 is 9.18 Å². The van der Waals surface area contributed by atoms with E-state index in [1.165, 1.54) is 6.07 Å². The van der Waals surface area contributed by atoms with Crippen LogP contribution in [0.3, 0.4) is 0 Å². The summed E-state index contributed by atoms with van der Waals surface area (Å²) in [7, 11) is 1.74. The summed E-state index contributed by atoms with van der Waals surface area (Å²) in [6.07, 6.45) is 0. The lowest BCUT2D eigenvalue weighted by molar-refractivity contribution is -0.116. The molecule has 0 aliphatic carbocycles. The van der Waals surface area contributed by atoms with Gasteiger partial charge in [-0.1, -0.05) is 48.5 Å². The van der Waals surface area contributed by atoms with Gasteiger partial charge in [0.2, 0.25) is 5.91 Å². The molecule has 0 radical (unpaired) electrons. The van der Waals surface area contributed by atoms with Crippen molar-refractivity contribution in [2.75, 3.05) is 18.5 Å². The van der Waals surface area contributed by atoms with Crippen molar-refractivity contribution >= 4 is 28.1 Å². The molecule has 0 bridgehead atoms. The summed E-state index contributed by atoms with van der Waals surface area (Å²) >= 11 is 0. The van der Waals surface area contributed by atoms with Crippen LogP contribution in [0.5, 0.6) is 0 Å². The minimum absolute atomic E-state index is 0.00315. The molecule has 3 nitrogen and oxygen atoms in total. The van der Waals surface area contributed by atoms with Crippen molar-refractivity contribution in [2.24, 2.45) is 4.99 Å². The molecule has 24 heavy (non-hydrogen) atoms. The third-order valence-corrected chi connectivity index (χ3v) is 4.37. The summed E-state index contributed by atoms with van der Waals surface area (Å²) in [4.78, 5) is 18.4. The lowest BCUT2D eigenvalue weighted by Gasteiger charge is -2.20. The van der Waals surface area contributed by atoms with Crippen molar-refractivity contribution in [3.05, 3.63) is 77.6 Å². The molecule has 4 heteroatoms. The minimum atomic E-state index is -0.340. The van der Waals surface area contributed by atoms with Crippen LogP contribution in [0.1, 0.15) is 11.1 Å². The summed E-state index contributed by atoms with van der Waals surface area (Å²) in [6, 6.07) is 18.3. The van der Waals surface area contributed by atoms with Gasteiger partial charge in [-0.3, -0.25) is 9.79 Å². The number of amides is 1. The average molecular weight is 318 g/mol. The summed E-state index contributed by atoms with van der Waals surface area (Å²) in [5.74, 6) is -0.452. The first kappa shape index (κ1) is 14.6. The quantitative estimate of drug-likeness (QED) is 0.672. The highest BCUT2D eigenvalue weighted by molar-refractivity contribution is 6.23. The molecule has 1 aliphatic rings. The largest absolute Gasteiger partial charge is 0.313 e. The number of halogens is 1. The number of benzene rings is 3. The molecule has 0 saturated carbocycles. The van der Waals surface area contributed by atoms with E-state index in [0.29, 0.717) is 11.3 Å². The fourth-order valence-corrected chi connectivity index (χ4v) is 3.15. The van der Waals surface area contributed by atoms with E-state index in [1.54, 1.807) is 30.1 Å². The molecule has 0 spiro atoms. The van der Waals surface area contributed by atoms with Crippen molar-refractivity contribution in [3.63, 3.8) is 0 Å². The molecule has 0 atom stereocenters. The van der Waals surface area contributed by atoms with Gasteiger partial charge >= 0.3 is 0 Å². The predicted octanol–water partition coefficient (Wildman–Crippen LogP) is 3.79. The van der Waals surface area contributed by atoms with Gasteiger partial charge in [0.05, 0.1) is 11.4 Å². The second kappa shape index (κ2) is 5.57. The lowest BCUT2D eigenvalue weighted by Crippen LogP contribution is -2.28. The molecule has 1 amide bonds. The molecule has 118 valence electrons. The molecule has 0 N–H and O–H groups in total. The third kappa shape index (κ3) is 2.19. The number of fused-ring (bicyclic) bond motifs is 3. The molecular formula is C20H15FN2O. The van der Waals surface area contributed by atoms with Crippen molar-refractivity contribution in [1.29, 1.82) is 0 Å². The fraction of sp³-hybridized carbons (Fsp3) is 0.100. The number of likely N-dealkylation sites (N-methyl/N-ethyl adjacent to an activating group) is 1. The number of rotatable bonds is 1. The Morgan fingerprint density at radius 1 is 0.958 bits per heavy atom. The maximum absolute atomic E-state index is 14.3. The van der Waals surface area contributed by atoms with E-state index in [0.717, 1.165) is 22.0 Å². The second-order valence-electron chi connectivity index (χ2n) is 5.78. The molecule has 0 aromatic heterocycles. The molecule has 3 aromatic rings. The summed E-state index contributed by atoms with van der Waals surface area (Å²) < 4.78 is 14.3. The minimum Gasteiger partial charge on any atom is -0.313 e. The van der Waals surface area contributed by atoms with Crippen LogP contribution in [0.2, 0.25) is 0 Å². The van der Waals surface area contributed by atoms with Gasteiger partial charge < -0.3 is 4.90 Å². The highest BCUT2D eigenvalue weighted by Crippen LogP contribution is 2.34. The summed E-state index contributed by atoms with van der Waals surface area (Å²) in [5, 5.41) is 1.99. The Morgan fingerprint density at radius 2 is 1.71 bits per heavy atom. The van der Waals surface area contributed by atoms with Gasteiger partial charge in [-0.15, -0.1) is 0 Å². The van der Waals surface area contributed by atoms with Gasteiger partial charge in [0.15, 0.2) is 0 Å². The SMILES string of the molecule is CN1C(=O)CN=C(c2ccccc2F)c2ccc3ccccc3c21. The van der Waals surface area contributed by atoms with Crippen molar-refractivity contribution in [2.45, 2.75) is 0 Å². The predicted molar refractivity (Wildman–Crippen MR) is 94.3 cm³/mol. The second-order valence-corrected chi connectivity index (χ2v) is 5.78. The Bertz CT molecular complexity index is 994. The van der Waals surface area contributed by atoms with Crippen LogP contribution in [0.15, 0.2) is 65.7 Å². The van der Waals surface area contributed by atoms with E-state index < -0.39 is 0 Å². The van der Waals surface area contributed by atoms with Gasteiger partial charge in [0.25, 0.3) is 0 Å². The molecule has 0 fully saturated rings. The van der Waals surface area contributed by atoms with E-state index in [2.05, 4.69) is 4.99 Å². The van der Waals surface area contributed by atoms with E-state index in [1.807, 2.05) is 36.4 Å². The van der Waals surface area contributed by atoms with Gasteiger partial charge in [0.1, 0.15) is 12.4 Å². The highest BCUT2D eigenvalue weighted by atomic mass is 19.1. The van der Waals surface area contributed by atoms with E-state index >= 15 is 0 Å². The zero-order valence-corrected chi connectivity index (χ0v) is 13.2. The Labute approximate surface area is 139 Å². The Balaban J connectivity index is 2.06. The molecule has 0 unspecified atom stereocenters. The average Bonchev–Trinajstić information content (AvgIpc) is 2.73. The van der Waals surface area contributed by atoms with Crippen LogP contribution in [-0.2, 0) is 4.79 Å². The van der Waals surface area contributed by atoms with E-state index in [-0.39, 0.29) is 18.3 Å². The van der Waals surface area contributed by atoms with Crippen LogP contribution in [0.25, 0.3) is 10.8 Å². The number of hydrogen-bond donors (Lipinski definition) is 0. The molecule has 1 aliphatic heterocycles. The van der Waals surface area contributed by atoms with Gasteiger partial charge in [-0.05, 0) is 17.5 Å². The first-order chi connectivity index (χ1) is 11.7. The van der Waals surface area contributed by atoms with Crippen LogP contribution >= 0.6 is 0 Å². The van der Waals surface area contributed by atoms with Crippen LogP contribution < -0.4 is 4.90 Å². The third-order valence-electron chi connectivity index (χ3n) is 4.37. The Hall–Kier alpha value is -3.01. The number of nitrogens with zero attached hydrogens (tertiary/aromatic N) is 2. The van der Waals surface area contributed by atoms with E-state index in [9.17, 15) is 9.18 Å². The Morgan fingerprint density at radius 3 is 2.54 bits per heavy atom. The molecule has 0 saturated heterocycles. The van der Waals surface area contributed by atoms with Crippen molar-refractivity contribution in [1.82, 2.24) is 0 Å². The topological polar surface area (TPSA) is 32.7 Å². The van der Waals surface area contributed by atoms with Gasteiger partial charge in [-0.2, -0.15) is 0 Å². The smallest absolute Gasteiger partial charge is 0.248 e. The first-order valence-corrected chi connectivity index (χ1v) is 7.75. The molecule has 1 heterocycles. The fourth-order valence-electron chi connectivity index (χ4n) is 3.15. The van der Waals surface area contributed by atoms with Crippen molar-refractivity contribution in [3.8, 4) is 0 Å². The maximum Gasteiger partial charge on any atom is 0.248 e. The Kier molecular flexibility index (Phi) is 3.38. The van der Waals surface area contributed by atoms with E-state index in [4.69, 9.17) is 0 Å². The zero-order valence-electron chi connectivity index (χ0n) is 13.2. The monoisotopic (exact) mass is 318 g/mol. The van der Waals surface area contributed by atoms with Crippen LogP contribution in [-0.4, -0.2) is 25.2 Å². The normalized spacial score (nSPS) is 14.3. The van der Waals surface area contributed by atoms with Crippen LogP contribution in [0, 0.1) is 5.82 Å². The zero-order chi connectivity index (χ0) is 16.7. The number of hydrogen-bond acceptors (Lipinski definition) is 2. The first-order valence-electron chi connectivity index (χ1n) is 7.75. The molecule has 3 aromatic carbocycles. The van der Waals surface area contributed by atoms with Crippen LogP contribution in [0.4, 0.5) is 10.1 Å². The standard InChI is InChI=1S/C20H15FN2O/c1-23-18(24)12-22-19(15-8-4-5-9-17(15)21)16-11-10-13-6-2-3-7-14(13)20(16)23/h2-11H,12H2,1H3.